The molecule has 3 unspecified atom stereocenters. The van der Waals surface area contributed by atoms with Crippen molar-refractivity contribution in [3.05, 3.63) is 0 Å². The molecular weight excluding hydrogens is 196 g/mol. The maximum Gasteiger partial charge on any atom is 0.0889 e. The Kier molecular flexibility index (Phi) is 2.84. The van der Waals surface area contributed by atoms with Gasteiger partial charge in [0.15, 0.2) is 0 Å². The van der Waals surface area contributed by atoms with Gasteiger partial charge in [-0.1, -0.05) is 0 Å². The van der Waals surface area contributed by atoms with Gasteiger partial charge in [-0.3, -0.25) is 0 Å². The van der Waals surface area contributed by atoms with Gasteiger partial charge in [-0.2, -0.15) is 11.8 Å². The molecule has 2 aliphatic rings. The summed E-state index contributed by atoms with van der Waals surface area (Å²) in [6, 6.07) is 0. The smallest absolute Gasteiger partial charge is 0.0889 e. The van der Waals surface area contributed by atoms with Crippen LogP contribution in [0, 0.1) is 0 Å². The first kappa shape index (κ1) is 10.8. The number of ether oxygens (including phenoxy) is 1. The van der Waals surface area contributed by atoms with E-state index in [2.05, 4.69) is 6.92 Å². The molecular formula is C11H20O2S. The molecule has 0 saturated carbocycles. The highest BCUT2D eigenvalue weighted by molar-refractivity contribution is 8.00. The van der Waals surface area contributed by atoms with Crippen LogP contribution < -0.4 is 0 Å². The zero-order chi connectivity index (χ0) is 10.2. The standard InChI is InChI=1S/C11H20O2S/c1-10(8-12)6-4-9(13-10)11(2)5-3-7-14-11/h9,12H,3-8H2,1-2H3. The highest BCUT2D eigenvalue weighted by atomic mass is 32.2. The van der Waals surface area contributed by atoms with E-state index < -0.39 is 0 Å². The van der Waals surface area contributed by atoms with Crippen molar-refractivity contribution in [2.24, 2.45) is 0 Å². The highest BCUT2D eigenvalue weighted by Gasteiger charge is 2.46. The lowest BCUT2D eigenvalue weighted by Gasteiger charge is -2.32. The van der Waals surface area contributed by atoms with Crippen LogP contribution in [-0.2, 0) is 4.74 Å². The summed E-state index contributed by atoms with van der Waals surface area (Å²) in [7, 11) is 0. The topological polar surface area (TPSA) is 29.5 Å². The Morgan fingerprint density at radius 1 is 1.43 bits per heavy atom. The molecule has 14 heavy (non-hydrogen) atoms. The first-order chi connectivity index (χ1) is 6.58. The normalized spacial score (nSPS) is 48.6. The average molecular weight is 216 g/mol. The third-order valence-electron chi connectivity index (χ3n) is 3.63. The van der Waals surface area contributed by atoms with E-state index in [4.69, 9.17) is 4.74 Å². The summed E-state index contributed by atoms with van der Waals surface area (Å²) >= 11 is 2.05. The summed E-state index contributed by atoms with van der Waals surface area (Å²) in [5, 5.41) is 9.24. The van der Waals surface area contributed by atoms with Crippen molar-refractivity contribution < 1.29 is 9.84 Å². The Balaban J connectivity index is 2.01. The molecule has 0 radical (unpaired) electrons. The lowest BCUT2D eigenvalue weighted by Crippen LogP contribution is -2.37. The van der Waals surface area contributed by atoms with Crippen LogP contribution >= 0.6 is 11.8 Å². The third-order valence-corrected chi connectivity index (χ3v) is 5.25. The summed E-state index contributed by atoms with van der Waals surface area (Å²) in [6.45, 7) is 4.50. The van der Waals surface area contributed by atoms with E-state index >= 15 is 0 Å². The maximum absolute atomic E-state index is 9.24. The molecule has 2 aliphatic heterocycles. The molecule has 3 atom stereocenters. The predicted molar refractivity (Wildman–Crippen MR) is 59.7 cm³/mol. The quantitative estimate of drug-likeness (QED) is 0.767. The first-order valence-electron chi connectivity index (χ1n) is 5.51. The van der Waals surface area contributed by atoms with E-state index in [-0.39, 0.29) is 12.2 Å². The van der Waals surface area contributed by atoms with Crippen molar-refractivity contribution in [2.45, 2.75) is 56.0 Å². The second-order valence-electron chi connectivity index (χ2n) is 5.02. The van der Waals surface area contributed by atoms with Crippen LogP contribution in [0.4, 0.5) is 0 Å². The van der Waals surface area contributed by atoms with E-state index in [1.165, 1.54) is 18.6 Å². The fourth-order valence-corrected chi connectivity index (χ4v) is 3.89. The summed E-state index contributed by atoms with van der Waals surface area (Å²) in [6.07, 6.45) is 5.05. The Labute approximate surface area is 90.4 Å². The zero-order valence-electron chi connectivity index (χ0n) is 9.08. The molecule has 2 nitrogen and oxygen atoms in total. The van der Waals surface area contributed by atoms with Crippen molar-refractivity contribution in [1.29, 1.82) is 0 Å². The number of aliphatic hydroxyl groups excluding tert-OH is 1. The van der Waals surface area contributed by atoms with Crippen LogP contribution in [0.3, 0.4) is 0 Å². The molecule has 0 bridgehead atoms. The van der Waals surface area contributed by atoms with Gasteiger partial charge >= 0.3 is 0 Å². The van der Waals surface area contributed by atoms with Crippen LogP contribution in [-0.4, -0.2) is 33.9 Å². The van der Waals surface area contributed by atoms with Gasteiger partial charge in [0, 0.05) is 4.75 Å². The van der Waals surface area contributed by atoms with Crippen molar-refractivity contribution in [3.8, 4) is 0 Å². The second-order valence-corrected chi connectivity index (χ2v) is 6.65. The summed E-state index contributed by atoms with van der Waals surface area (Å²) in [4.78, 5) is 0. The largest absolute Gasteiger partial charge is 0.393 e. The van der Waals surface area contributed by atoms with E-state index in [1.807, 2.05) is 18.7 Å². The summed E-state index contributed by atoms with van der Waals surface area (Å²) in [5.41, 5.74) is -0.267. The number of hydrogen-bond acceptors (Lipinski definition) is 3. The van der Waals surface area contributed by atoms with Gasteiger partial charge in [0.25, 0.3) is 0 Å². The zero-order valence-corrected chi connectivity index (χ0v) is 9.90. The lowest BCUT2D eigenvalue weighted by atomic mass is 9.95. The predicted octanol–water partition coefficient (Wildman–Crippen LogP) is 2.20. The molecule has 0 amide bonds. The lowest BCUT2D eigenvalue weighted by molar-refractivity contribution is -0.0705. The number of hydrogen-bond donors (Lipinski definition) is 1. The van der Waals surface area contributed by atoms with Crippen LogP contribution in [0.25, 0.3) is 0 Å². The van der Waals surface area contributed by atoms with Gasteiger partial charge in [0.05, 0.1) is 18.3 Å². The first-order valence-corrected chi connectivity index (χ1v) is 6.49. The SMILES string of the molecule is CC1(CO)CCC(C2(C)CCCS2)O1. The fraction of sp³-hybridized carbons (Fsp3) is 1.00. The van der Waals surface area contributed by atoms with Crippen LogP contribution in [0.1, 0.15) is 39.5 Å². The van der Waals surface area contributed by atoms with Gasteiger partial charge in [0.1, 0.15) is 0 Å². The van der Waals surface area contributed by atoms with Crippen molar-refractivity contribution >= 4 is 11.8 Å². The van der Waals surface area contributed by atoms with Crippen LogP contribution in [0.2, 0.25) is 0 Å². The van der Waals surface area contributed by atoms with Gasteiger partial charge in [0.2, 0.25) is 0 Å². The van der Waals surface area contributed by atoms with E-state index in [0.29, 0.717) is 10.9 Å². The third kappa shape index (κ3) is 1.82. The molecule has 0 aromatic heterocycles. The van der Waals surface area contributed by atoms with E-state index in [9.17, 15) is 5.11 Å². The van der Waals surface area contributed by atoms with Crippen molar-refractivity contribution in [1.82, 2.24) is 0 Å². The Hall–Kier alpha value is 0.270. The molecule has 2 rings (SSSR count). The minimum atomic E-state index is -0.267. The monoisotopic (exact) mass is 216 g/mol. The molecule has 3 heteroatoms. The Morgan fingerprint density at radius 2 is 2.21 bits per heavy atom. The van der Waals surface area contributed by atoms with E-state index in [1.54, 1.807) is 0 Å². The van der Waals surface area contributed by atoms with Gasteiger partial charge < -0.3 is 9.84 Å². The van der Waals surface area contributed by atoms with Gasteiger partial charge in [-0.05, 0) is 45.3 Å². The minimum absolute atomic E-state index is 0.157. The number of aliphatic hydroxyl groups is 1. The summed E-state index contributed by atoms with van der Waals surface area (Å²) in [5.74, 6) is 1.27. The molecule has 1 N–H and O–H groups in total. The molecule has 0 aromatic carbocycles. The Morgan fingerprint density at radius 3 is 2.71 bits per heavy atom. The molecule has 0 aliphatic carbocycles. The van der Waals surface area contributed by atoms with Crippen LogP contribution in [0.15, 0.2) is 0 Å². The van der Waals surface area contributed by atoms with E-state index in [0.717, 1.165) is 12.8 Å². The molecule has 0 aromatic rings. The molecule has 2 saturated heterocycles. The number of thioether (sulfide) groups is 1. The second kappa shape index (κ2) is 3.69. The van der Waals surface area contributed by atoms with Crippen molar-refractivity contribution in [3.63, 3.8) is 0 Å². The van der Waals surface area contributed by atoms with Crippen molar-refractivity contribution in [2.75, 3.05) is 12.4 Å². The van der Waals surface area contributed by atoms with Gasteiger partial charge in [-0.15, -0.1) is 0 Å². The molecule has 2 heterocycles. The summed E-state index contributed by atoms with van der Waals surface area (Å²) < 4.78 is 6.33. The fourth-order valence-electron chi connectivity index (χ4n) is 2.50. The molecule has 0 spiro atoms. The average Bonchev–Trinajstić information content (AvgIpc) is 2.74. The number of rotatable bonds is 2. The Bertz CT molecular complexity index is 213. The maximum atomic E-state index is 9.24. The molecule has 2 fully saturated rings. The van der Waals surface area contributed by atoms with Crippen LogP contribution in [0.5, 0.6) is 0 Å². The highest BCUT2D eigenvalue weighted by Crippen LogP contribution is 2.47. The molecule has 82 valence electrons. The minimum Gasteiger partial charge on any atom is -0.393 e. The van der Waals surface area contributed by atoms with Gasteiger partial charge in [-0.25, -0.2) is 0 Å².